The number of piperidine rings is 2. The summed E-state index contributed by atoms with van der Waals surface area (Å²) in [7, 11) is -6.24. The third kappa shape index (κ3) is 5.61. The van der Waals surface area contributed by atoms with Gasteiger partial charge in [0, 0.05) is 43.4 Å². The monoisotopic (exact) mass is 533 g/mol. The standard InChI is InChI=1S/C26H40N4O4SSi/c1-36(2,26(27)32)17-16-35(33,34)24(21-6-7-23-20(18-21)8-13-29-23)19-25(31)30(14-4-3-5-15-30)22-9-11-28-12-10-22/h6-8,13,18,22,24,28-29H,3-5,9-12,14-17,19H2,1-2H3,(H-,27,32)/p+1. The van der Waals surface area contributed by atoms with E-state index in [0.717, 1.165) is 69.2 Å². The van der Waals surface area contributed by atoms with Crippen LogP contribution in [0.1, 0.15) is 49.3 Å². The van der Waals surface area contributed by atoms with Crippen LogP contribution in [0.15, 0.2) is 30.5 Å². The third-order valence-corrected chi connectivity index (χ3v) is 13.8. The largest absolute Gasteiger partial charge is 0.374 e. The zero-order valence-corrected chi connectivity index (χ0v) is 23.4. The first-order chi connectivity index (χ1) is 17.1. The van der Waals surface area contributed by atoms with Gasteiger partial charge in [-0.2, -0.15) is 0 Å². The van der Waals surface area contributed by atoms with Crippen molar-refractivity contribution in [1.82, 2.24) is 10.3 Å². The van der Waals surface area contributed by atoms with E-state index < -0.39 is 23.2 Å². The highest BCUT2D eigenvalue weighted by atomic mass is 32.2. The Morgan fingerprint density at radius 3 is 2.47 bits per heavy atom. The van der Waals surface area contributed by atoms with Crippen LogP contribution in [0.2, 0.25) is 19.1 Å². The first-order valence-electron chi connectivity index (χ1n) is 13.2. The summed E-state index contributed by atoms with van der Waals surface area (Å²) in [6.45, 7) is 7.01. The molecule has 8 nitrogen and oxygen atoms in total. The van der Waals surface area contributed by atoms with Crippen molar-refractivity contribution >= 4 is 40.3 Å². The van der Waals surface area contributed by atoms with Gasteiger partial charge in [0.15, 0.2) is 23.4 Å². The smallest absolute Gasteiger partial charge is 0.315 e. The van der Waals surface area contributed by atoms with Gasteiger partial charge in [-0.3, -0.25) is 9.28 Å². The van der Waals surface area contributed by atoms with E-state index in [4.69, 9.17) is 5.73 Å². The number of H-pyrrole nitrogens is 1. The Labute approximate surface area is 215 Å². The lowest BCUT2D eigenvalue weighted by Crippen LogP contribution is -2.64. The molecule has 1 aromatic heterocycles. The Kier molecular flexibility index (Phi) is 8.09. The fourth-order valence-corrected chi connectivity index (χ4v) is 10.6. The van der Waals surface area contributed by atoms with Crippen molar-refractivity contribution in [3.63, 3.8) is 0 Å². The molecule has 10 heteroatoms. The number of quaternary nitrogens is 1. The van der Waals surface area contributed by atoms with Crippen LogP contribution in [-0.4, -0.2) is 75.4 Å². The summed E-state index contributed by atoms with van der Waals surface area (Å²) in [4.78, 5) is 29.3. The molecular formula is C26H41N4O4SSi+. The van der Waals surface area contributed by atoms with Crippen LogP contribution in [0.3, 0.4) is 0 Å². The number of sulfone groups is 1. The molecule has 36 heavy (non-hydrogen) atoms. The van der Waals surface area contributed by atoms with E-state index in [0.29, 0.717) is 10.0 Å². The minimum absolute atomic E-state index is 0.0270. The molecule has 4 rings (SSSR count). The molecule has 0 radical (unpaired) electrons. The van der Waals surface area contributed by atoms with Crippen LogP contribution >= 0.6 is 0 Å². The van der Waals surface area contributed by atoms with E-state index in [1.807, 2.05) is 43.6 Å². The van der Waals surface area contributed by atoms with Gasteiger partial charge in [0.05, 0.1) is 30.8 Å². The van der Waals surface area contributed by atoms with Gasteiger partial charge < -0.3 is 16.0 Å². The van der Waals surface area contributed by atoms with Gasteiger partial charge >= 0.3 is 5.91 Å². The first-order valence-corrected chi connectivity index (χ1v) is 18.2. The Hall–Kier alpha value is -2.01. The summed E-state index contributed by atoms with van der Waals surface area (Å²) in [6.07, 6.45) is 6.81. The molecule has 2 aliphatic rings. The molecular weight excluding hydrogens is 492 g/mol. The van der Waals surface area contributed by atoms with Gasteiger partial charge in [0.2, 0.25) is 0 Å². The Morgan fingerprint density at radius 2 is 1.81 bits per heavy atom. The number of primary amides is 1. The van der Waals surface area contributed by atoms with Gasteiger partial charge in [0.25, 0.3) is 0 Å². The molecule has 0 bridgehead atoms. The third-order valence-electron chi connectivity index (χ3n) is 8.54. The van der Waals surface area contributed by atoms with Crippen LogP contribution in [0.25, 0.3) is 10.9 Å². The molecule has 2 amide bonds. The highest BCUT2D eigenvalue weighted by Crippen LogP contribution is 2.36. The molecule has 2 fully saturated rings. The fourth-order valence-electron chi connectivity index (χ4n) is 5.92. The molecule has 2 aliphatic heterocycles. The minimum atomic E-state index is -3.71. The molecule has 0 aliphatic carbocycles. The van der Waals surface area contributed by atoms with E-state index in [9.17, 15) is 18.0 Å². The van der Waals surface area contributed by atoms with Crippen LogP contribution in [0.5, 0.6) is 0 Å². The lowest BCUT2D eigenvalue weighted by atomic mass is 9.94. The van der Waals surface area contributed by atoms with Crippen molar-refractivity contribution in [2.75, 3.05) is 31.9 Å². The number of aromatic nitrogens is 1. The van der Waals surface area contributed by atoms with Gasteiger partial charge in [0.1, 0.15) is 0 Å². The topological polar surface area (TPSA) is 122 Å². The van der Waals surface area contributed by atoms with Crippen LogP contribution in [0.4, 0.5) is 4.79 Å². The average molecular weight is 534 g/mol. The number of aromatic amines is 1. The fraction of sp³-hybridized carbons (Fsp3) is 0.615. The molecule has 0 saturated carbocycles. The molecule has 3 heterocycles. The van der Waals surface area contributed by atoms with Gasteiger partial charge in [-0.1, -0.05) is 19.2 Å². The maximum absolute atomic E-state index is 14.2. The number of nitrogens with one attached hydrogen (secondary N) is 2. The molecule has 198 valence electrons. The van der Waals surface area contributed by atoms with Gasteiger partial charge in [-0.15, -0.1) is 0 Å². The zero-order chi connectivity index (χ0) is 26.0. The Morgan fingerprint density at radius 1 is 1.11 bits per heavy atom. The van der Waals surface area contributed by atoms with E-state index in [-0.39, 0.29) is 35.7 Å². The normalized spacial score (nSPS) is 20.3. The van der Waals surface area contributed by atoms with Gasteiger partial charge in [-0.05, 0) is 54.5 Å². The number of carbonyl (C=O) groups is 2. The highest BCUT2D eigenvalue weighted by molar-refractivity contribution is 7.91. The highest BCUT2D eigenvalue weighted by Gasteiger charge is 2.47. The summed E-state index contributed by atoms with van der Waals surface area (Å²) in [6, 6.07) is 8.03. The second-order valence-electron chi connectivity index (χ2n) is 11.3. The van der Waals surface area contributed by atoms with Crippen LogP contribution in [-0.2, 0) is 14.6 Å². The molecule has 1 aromatic carbocycles. The Bertz CT molecular complexity index is 1200. The summed E-state index contributed by atoms with van der Waals surface area (Å²) in [5.41, 5.74) is 6.77. The average Bonchev–Trinajstić information content (AvgIpc) is 3.35. The summed E-state index contributed by atoms with van der Waals surface area (Å²) in [5.74, 6) is -0.0817. The van der Waals surface area contributed by atoms with Crippen molar-refractivity contribution in [2.45, 2.75) is 69.0 Å². The van der Waals surface area contributed by atoms with Crippen molar-refractivity contribution in [3.8, 4) is 0 Å². The number of likely N-dealkylation sites (tertiary alicyclic amines) is 1. The quantitative estimate of drug-likeness (QED) is 0.335. The van der Waals surface area contributed by atoms with Crippen molar-refractivity contribution in [2.24, 2.45) is 5.73 Å². The number of nitrogens with zero attached hydrogens (tertiary/aromatic N) is 1. The SMILES string of the molecule is C[Si](C)(CCS(=O)(=O)C(CC(=O)[N+]1(C2CCNCC2)CCCCC1)c1ccc2[nH]ccc2c1)C(N)=O. The molecule has 0 spiro atoms. The zero-order valence-electron chi connectivity index (χ0n) is 21.6. The number of rotatable bonds is 9. The first kappa shape index (κ1) is 27.0. The maximum atomic E-state index is 14.2. The summed E-state index contributed by atoms with van der Waals surface area (Å²) >= 11 is 0. The number of hydrogen-bond acceptors (Lipinski definition) is 5. The maximum Gasteiger partial charge on any atom is 0.315 e. The van der Waals surface area contributed by atoms with E-state index in [1.165, 1.54) is 0 Å². The summed E-state index contributed by atoms with van der Waals surface area (Å²) in [5, 5.41) is 3.39. The number of fused-ring (bicyclic) bond motifs is 1. The van der Waals surface area contributed by atoms with Crippen molar-refractivity contribution in [3.05, 3.63) is 36.0 Å². The molecule has 1 atom stereocenters. The number of benzene rings is 1. The Balaban J connectivity index is 1.68. The lowest BCUT2D eigenvalue weighted by molar-refractivity contribution is -0.885. The molecule has 1 unspecified atom stereocenters. The van der Waals surface area contributed by atoms with Crippen LogP contribution in [0, 0.1) is 0 Å². The van der Waals surface area contributed by atoms with E-state index >= 15 is 0 Å². The predicted molar refractivity (Wildman–Crippen MR) is 146 cm³/mol. The molecule has 2 saturated heterocycles. The van der Waals surface area contributed by atoms with E-state index in [2.05, 4.69) is 10.3 Å². The number of nitrogens with two attached hydrogens (primary N) is 1. The minimum Gasteiger partial charge on any atom is -0.374 e. The number of amides is 2. The lowest BCUT2D eigenvalue weighted by Gasteiger charge is -2.46. The van der Waals surface area contributed by atoms with Crippen molar-refractivity contribution < 1.29 is 22.5 Å². The predicted octanol–water partition coefficient (Wildman–Crippen LogP) is 3.66. The second kappa shape index (κ2) is 10.8. The van der Waals surface area contributed by atoms with Crippen molar-refractivity contribution in [1.29, 1.82) is 0 Å². The number of hydrogen-bond donors (Lipinski definition) is 3. The summed E-state index contributed by atoms with van der Waals surface area (Å²) < 4.78 is 28.2. The second-order valence-corrected chi connectivity index (χ2v) is 18.4. The number of carbonyl (C=O) groups excluding carboxylic acids is 2. The molecule has 2 aromatic rings. The molecule has 4 N–H and O–H groups in total. The van der Waals surface area contributed by atoms with Gasteiger partial charge in [-0.25, -0.2) is 13.2 Å². The van der Waals surface area contributed by atoms with E-state index in [1.54, 1.807) is 0 Å². The van der Waals surface area contributed by atoms with Crippen LogP contribution < -0.4 is 11.1 Å².